The Kier molecular flexibility index (Phi) is 15.3. The molecule has 0 spiro atoms. The third-order valence-corrected chi connectivity index (χ3v) is 4.15. The van der Waals surface area contributed by atoms with Crippen LogP contribution in [0.25, 0.3) is 0 Å². The maximum absolute atomic E-state index is 9.87. The molecule has 2 N–H and O–H groups in total. The molecule has 0 aliphatic rings. The minimum Gasteiger partial charge on any atom is -0.390 e. The average Bonchev–Trinajstić information content (AvgIpc) is 2.45. The van der Waals surface area contributed by atoms with Gasteiger partial charge in [0.1, 0.15) is 0 Å². The van der Waals surface area contributed by atoms with Gasteiger partial charge in [0.2, 0.25) is 0 Å². The Morgan fingerprint density at radius 2 is 0.800 bits per heavy atom. The molecule has 0 fully saturated rings. The monoisotopic (exact) mass is 286 g/mol. The van der Waals surface area contributed by atoms with E-state index in [-0.39, 0.29) is 0 Å². The molecule has 122 valence electrons. The second-order valence-electron chi connectivity index (χ2n) is 6.25. The molecule has 2 unspecified atom stereocenters. The van der Waals surface area contributed by atoms with Crippen molar-refractivity contribution >= 4 is 0 Å². The minimum atomic E-state index is -0.504. The van der Waals surface area contributed by atoms with Gasteiger partial charge in [-0.05, 0) is 12.8 Å². The molecule has 0 aliphatic carbocycles. The van der Waals surface area contributed by atoms with Crippen LogP contribution in [0.3, 0.4) is 0 Å². The van der Waals surface area contributed by atoms with Gasteiger partial charge in [-0.3, -0.25) is 0 Å². The molecule has 0 aliphatic heterocycles. The lowest BCUT2D eigenvalue weighted by atomic mass is 10.00. The molecule has 0 bridgehead atoms. The van der Waals surface area contributed by atoms with Gasteiger partial charge in [-0.15, -0.1) is 0 Å². The maximum Gasteiger partial charge on any atom is 0.0799 e. The highest BCUT2D eigenvalue weighted by Gasteiger charge is 2.14. The van der Waals surface area contributed by atoms with Crippen molar-refractivity contribution < 1.29 is 10.2 Å². The summed E-state index contributed by atoms with van der Waals surface area (Å²) >= 11 is 0. The Morgan fingerprint density at radius 1 is 0.500 bits per heavy atom. The standard InChI is InChI=1S/C18H38O2/c1-3-5-7-8-9-10-11-12-14-16-18(20)17(19)15-13-6-4-2/h17-20H,3-16H2,1-2H3. The molecule has 0 aromatic carbocycles. The van der Waals surface area contributed by atoms with E-state index in [4.69, 9.17) is 0 Å². The number of rotatable bonds is 15. The molecule has 0 aromatic rings. The van der Waals surface area contributed by atoms with Crippen molar-refractivity contribution in [2.24, 2.45) is 0 Å². The van der Waals surface area contributed by atoms with Gasteiger partial charge in [0.05, 0.1) is 12.2 Å². The van der Waals surface area contributed by atoms with Gasteiger partial charge in [0.15, 0.2) is 0 Å². The van der Waals surface area contributed by atoms with Crippen molar-refractivity contribution in [3.8, 4) is 0 Å². The largest absolute Gasteiger partial charge is 0.390 e. The fraction of sp³-hybridized carbons (Fsp3) is 1.00. The summed E-state index contributed by atoms with van der Waals surface area (Å²) in [5.41, 5.74) is 0. The Labute approximate surface area is 127 Å². The Hall–Kier alpha value is -0.0800. The first-order chi connectivity index (χ1) is 9.72. The summed E-state index contributed by atoms with van der Waals surface area (Å²) in [7, 11) is 0. The summed E-state index contributed by atoms with van der Waals surface area (Å²) in [5, 5.41) is 19.7. The van der Waals surface area contributed by atoms with Gasteiger partial charge in [-0.1, -0.05) is 90.9 Å². The topological polar surface area (TPSA) is 40.5 Å². The zero-order valence-electron chi connectivity index (χ0n) is 13.9. The van der Waals surface area contributed by atoms with Crippen LogP contribution in [0.4, 0.5) is 0 Å². The smallest absolute Gasteiger partial charge is 0.0799 e. The lowest BCUT2D eigenvalue weighted by Gasteiger charge is -2.17. The van der Waals surface area contributed by atoms with Gasteiger partial charge >= 0.3 is 0 Å². The van der Waals surface area contributed by atoms with Crippen LogP contribution in [-0.4, -0.2) is 22.4 Å². The van der Waals surface area contributed by atoms with Crippen molar-refractivity contribution in [3.63, 3.8) is 0 Å². The third-order valence-electron chi connectivity index (χ3n) is 4.15. The molecular formula is C18H38O2. The first kappa shape index (κ1) is 19.9. The van der Waals surface area contributed by atoms with Crippen LogP contribution in [0.15, 0.2) is 0 Å². The minimum absolute atomic E-state index is 0.503. The molecule has 0 heterocycles. The molecule has 0 amide bonds. The zero-order valence-corrected chi connectivity index (χ0v) is 13.9. The molecular weight excluding hydrogens is 248 g/mol. The van der Waals surface area contributed by atoms with Crippen LogP contribution < -0.4 is 0 Å². The van der Waals surface area contributed by atoms with Gasteiger partial charge in [0, 0.05) is 0 Å². The summed E-state index contributed by atoms with van der Waals surface area (Å²) in [4.78, 5) is 0. The Balaban J connectivity index is 3.27. The number of aliphatic hydroxyl groups excluding tert-OH is 2. The summed E-state index contributed by atoms with van der Waals surface area (Å²) in [6.07, 6.45) is 15.6. The van der Waals surface area contributed by atoms with Crippen molar-refractivity contribution in [2.45, 2.75) is 116 Å². The molecule has 2 nitrogen and oxygen atoms in total. The van der Waals surface area contributed by atoms with E-state index in [9.17, 15) is 10.2 Å². The third kappa shape index (κ3) is 12.9. The maximum atomic E-state index is 9.87. The first-order valence-corrected chi connectivity index (χ1v) is 9.08. The predicted molar refractivity (Wildman–Crippen MR) is 88.0 cm³/mol. The van der Waals surface area contributed by atoms with E-state index in [2.05, 4.69) is 13.8 Å². The molecule has 0 saturated carbocycles. The number of hydrogen-bond donors (Lipinski definition) is 2. The number of hydrogen-bond acceptors (Lipinski definition) is 2. The van der Waals surface area contributed by atoms with Gasteiger partial charge in [-0.2, -0.15) is 0 Å². The molecule has 0 aromatic heterocycles. The van der Waals surface area contributed by atoms with Crippen molar-refractivity contribution in [3.05, 3.63) is 0 Å². The normalized spacial score (nSPS) is 14.4. The Bertz CT molecular complexity index is 182. The molecule has 2 atom stereocenters. The molecule has 0 radical (unpaired) electrons. The van der Waals surface area contributed by atoms with Gasteiger partial charge in [-0.25, -0.2) is 0 Å². The average molecular weight is 287 g/mol. The van der Waals surface area contributed by atoms with Crippen LogP contribution in [0.2, 0.25) is 0 Å². The molecule has 2 heteroatoms. The first-order valence-electron chi connectivity index (χ1n) is 9.08. The van der Waals surface area contributed by atoms with Crippen LogP contribution in [-0.2, 0) is 0 Å². The van der Waals surface area contributed by atoms with Gasteiger partial charge in [0.25, 0.3) is 0 Å². The molecule has 20 heavy (non-hydrogen) atoms. The molecule has 0 rings (SSSR count). The zero-order chi connectivity index (χ0) is 15.1. The van der Waals surface area contributed by atoms with E-state index < -0.39 is 12.2 Å². The number of unbranched alkanes of at least 4 members (excludes halogenated alkanes) is 10. The summed E-state index contributed by atoms with van der Waals surface area (Å²) in [6, 6.07) is 0. The van der Waals surface area contributed by atoms with E-state index in [1.165, 1.54) is 57.8 Å². The lowest BCUT2D eigenvalue weighted by Crippen LogP contribution is -2.25. The van der Waals surface area contributed by atoms with Crippen LogP contribution in [0.1, 0.15) is 104 Å². The summed E-state index contributed by atoms with van der Waals surface area (Å²) in [5.74, 6) is 0. The fourth-order valence-electron chi connectivity index (χ4n) is 2.65. The van der Waals surface area contributed by atoms with Crippen LogP contribution in [0, 0.1) is 0 Å². The van der Waals surface area contributed by atoms with E-state index in [0.29, 0.717) is 0 Å². The Morgan fingerprint density at radius 3 is 1.25 bits per heavy atom. The van der Waals surface area contributed by atoms with Crippen LogP contribution in [0.5, 0.6) is 0 Å². The quantitative estimate of drug-likeness (QED) is 0.406. The SMILES string of the molecule is CCCCCCCCCCCC(O)C(O)CCCCC. The highest BCUT2D eigenvalue weighted by atomic mass is 16.3. The predicted octanol–water partition coefficient (Wildman–Crippen LogP) is 5.21. The van der Waals surface area contributed by atoms with E-state index in [0.717, 1.165) is 32.1 Å². The molecule has 0 saturated heterocycles. The van der Waals surface area contributed by atoms with Gasteiger partial charge < -0.3 is 10.2 Å². The highest BCUT2D eigenvalue weighted by Crippen LogP contribution is 2.14. The second kappa shape index (κ2) is 15.3. The number of aliphatic hydroxyl groups is 2. The second-order valence-corrected chi connectivity index (χ2v) is 6.25. The highest BCUT2D eigenvalue weighted by molar-refractivity contribution is 4.67. The van der Waals surface area contributed by atoms with E-state index in [1.54, 1.807) is 0 Å². The van der Waals surface area contributed by atoms with Crippen LogP contribution >= 0.6 is 0 Å². The van der Waals surface area contributed by atoms with Crippen molar-refractivity contribution in [1.82, 2.24) is 0 Å². The van der Waals surface area contributed by atoms with E-state index >= 15 is 0 Å². The summed E-state index contributed by atoms with van der Waals surface area (Å²) in [6.45, 7) is 4.41. The summed E-state index contributed by atoms with van der Waals surface area (Å²) < 4.78 is 0. The lowest BCUT2D eigenvalue weighted by molar-refractivity contribution is 0.00718. The van der Waals surface area contributed by atoms with Crippen molar-refractivity contribution in [2.75, 3.05) is 0 Å². The fourth-order valence-corrected chi connectivity index (χ4v) is 2.65. The van der Waals surface area contributed by atoms with E-state index in [1.807, 2.05) is 0 Å². The van der Waals surface area contributed by atoms with Crippen molar-refractivity contribution in [1.29, 1.82) is 0 Å².